The van der Waals surface area contributed by atoms with Crippen LogP contribution in [-0.2, 0) is 6.42 Å². The van der Waals surface area contributed by atoms with Crippen molar-refractivity contribution in [3.05, 3.63) is 63.9 Å². The fourth-order valence-corrected chi connectivity index (χ4v) is 3.44. The Hall–Kier alpha value is -2.06. The molecule has 152 valence electrons. The van der Waals surface area contributed by atoms with Gasteiger partial charge in [-0.1, -0.05) is 65.4 Å². The number of aromatic nitrogens is 1. The average molecular weight is 430 g/mol. The Morgan fingerprint density at radius 3 is 2.55 bits per heavy atom. The van der Waals surface area contributed by atoms with Crippen molar-refractivity contribution in [1.82, 2.24) is 15.6 Å². The zero-order chi connectivity index (χ0) is 20.6. The van der Waals surface area contributed by atoms with Gasteiger partial charge in [0.05, 0.1) is 6.04 Å². The lowest BCUT2D eigenvalue weighted by Crippen LogP contribution is -2.39. The molecular formula is C23H25Cl2N3O. The smallest absolute Gasteiger partial charge is 0.251 e. The molecule has 2 aromatic rings. The van der Waals surface area contributed by atoms with Gasteiger partial charge in [0.1, 0.15) is 10.3 Å². The first-order chi connectivity index (χ1) is 14.0. The molecule has 2 atom stereocenters. The molecule has 29 heavy (non-hydrogen) atoms. The van der Waals surface area contributed by atoms with Gasteiger partial charge in [0.25, 0.3) is 5.91 Å². The molecule has 1 aromatic carbocycles. The Morgan fingerprint density at radius 2 is 1.90 bits per heavy atom. The van der Waals surface area contributed by atoms with E-state index in [0.29, 0.717) is 11.5 Å². The molecule has 4 nitrogen and oxygen atoms in total. The molecule has 0 bridgehead atoms. The fourth-order valence-electron chi connectivity index (χ4n) is 2.98. The molecular weight excluding hydrogens is 405 g/mol. The summed E-state index contributed by atoms with van der Waals surface area (Å²) in [6.45, 7) is 2.83. The van der Waals surface area contributed by atoms with Crippen molar-refractivity contribution >= 4 is 29.1 Å². The number of amides is 1. The van der Waals surface area contributed by atoms with Crippen molar-refractivity contribution in [2.24, 2.45) is 5.92 Å². The van der Waals surface area contributed by atoms with Crippen molar-refractivity contribution in [3.8, 4) is 11.8 Å². The summed E-state index contributed by atoms with van der Waals surface area (Å²) in [7, 11) is 0. The highest BCUT2D eigenvalue weighted by Gasteiger charge is 2.18. The highest BCUT2D eigenvalue weighted by Crippen LogP contribution is 2.27. The summed E-state index contributed by atoms with van der Waals surface area (Å²) < 4.78 is 0. The summed E-state index contributed by atoms with van der Waals surface area (Å²) in [6, 6.07) is 13.3. The van der Waals surface area contributed by atoms with E-state index in [4.69, 9.17) is 23.2 Å². The van der Waals surface area contributed by atoms with Crippen molar-refractivity contribution < 1.29 is 4.79 Å². The second kappa shape index (κ2) is 10.6. The van der Waals surface area contributed by atoms with Crippen LogP contribution in [0, 0.1) is 17.8 Å². The SMILES string of the molecule is CC(C#CC1CC1)NCC[C@H](Cc1ccccc1)NC(=O)c1cc(Cl)nc(Cl)c1. The molecule has 0 radical (unpaired) electrons. The van der Waals surface area contributed by atoms with Gasteiger partial charge in [-0.3, -0.25) is 4.79 Å². The van der Waals surface area contributed by atoms with Crippen molar-refractivity contribution in [1.29, 1.82) is 0 Å². The number of halogens is 2. The van der Waals surface area contributed by atoms with E-state index >= 15 is 0 Å². The van der Waals surface area contributed by atoms with Crippen molar-refractivity contribution in [3.63, 3.8) is 0 Å². The molecule has 1 saturated carbocycles. The maximum atomic E-state index is 12.7. The number of hydrogen-bond acceptors (Lipinski definition) is 3. The molecule has 0 aliphatic heterocycles. The van der Waals surface area contributed by atoms with Crippen LogP contribution in [0.4, 0.5) is 0 Å². The predicted octanol–water partition coefficient (Wildman–Crippen LogP) is 4.51. The molecule has 6 heteroatoms. The number of carbonyl (C=O) groups excluding carboxylic acids is 1. The Kier molecular flexibility index (Phi) is 7.94. The number of hydrogen-bond donors (Lipinski definition) is 2. The lowest BCUT2D eigenvalue weighted by atomic mass is 10.0. The van der Waals surface area contributed by atoms with Crippen LogP contribution >= 0.6 is 23.2 Å². The largest absolute Gasteiger partial charge is 0.349 e. The lowest BCUT2D eigenvalue weighted by Gasteiger charge is -2.20. The molecule has 3 rings (SSSR count). The van der Waals surface area contributed by atoms with Gasteiger partial charge in [-0.15, -0.1) is 0 Å². The number of rotatable bonds is 8. The van der Waals surface area contributed by atoms with Crippen molar-refractivity contribution in [2.45, 2.75) is 44.7 Å². The van der Waals surface area contributed by atoms with Crippen LogP contribution in [0.25, 0.3) is 0 Å². The second-order valence-corrected chi connectivity index (χ2v) is 8.16. The van der Waals surface area contributed by atoms with Gasteiger partial charge in [0.15, 0.2) is 0 Å². The minimum Gasteiger partial charge on any atom is -0.349 e. The minimum atomic E-state index is -0.210. The normalized spacial score (nSPS) is 15.1. The first-order valence-corrected chi connectivity index (χ1v) is 10.7. The fraction of sp³-hybridized carbons (Fsp3) is 0.391. The lowest BCUT2D eigenvalue weighted by molar-refractivity contribution is 0.0934. The van der Waals surface area contributed by atoms with Gasteiger partial charge >= 0.3 is 0 Å². The summed E-state index contributed by atoms with van der Waals surface area (Å²) in [6.07, 6.45) is 3.98. The van der Waals surface area contributed by atoms with E-state index in [9.17, 15) is 4.79 Å². The van der Waals surface area contributed by atoms with Crippen LogP contribution in [-0.4, -0.2) is 29.5 Å². The van der Waals surface area contributed by atoms with Crippen molar-refractivity contribution in [2.75, 3.05) is 6.54 Å². The molecule has 1 aliphatic carbocycles. The number of nitrogens with one attached hydrogen (secondary N) is 2. The van der Waals surface area contributed by atoms with E-state index in [1.54, 1.807) is 0 Å². The highest BCUT2D eigenvalue weighted by atomic mass is 35.5. The molecule has 0 saturated heterocycles. The van der Waals surface area contributed by atoms with Crippen LogP contribution in [0.3, 0.4) is 0 Å². The highest BCUT2D eigenvalue weighted by molar-refractivity contribution is 6.33. The van der Waals surface area contributed by atoms with Gasteiger partial charge in [0, 0.05) is 17.5 Å². The summed E-state index contributed by atoms with van der Waals surface area (Å²) in [4.78, 5) is 16.6. The summed E-state index contributed by atoms with van der Waals surface area (Å²) in [5.41, 5.74) is 1.58. The van der Waals surface area contributed by atoms with E-state index < -0.39 is 0 Å². The van der Waals surface area contributed by atoms with E-state index in [-0.39, 0.29) is 28.3 Å². The Morgan fingerprint density at radius 1 is 1.21 bits per heavy atom. The minimum absolute atomic E-state index is 0.0355. The molecule has 1 unspecified atom stereocenters. The molecule has 1 fully saturated rings. The summed E-state index contributed by atoms with van der Waals surface area (Å²) in [5, 5.41) is 6.95. The average Bonchev–Trinajstić information content (AvgIpc) is 3.51. The summed E-state index contributed by atoms with van der Waals surface area (Å²) in [5.74, 6) is 6.94. The quantitative estimate of drug-likeness (QED) is 0.479. The molecule has 1 aromatic heterocycles. The molecule has 1 heterocycles. The predicted molar refractivity (Wildman–Crippen MR) is 118 cm³/mol. The van der Waals surface area contributed by atoms with Crippen LogP contribution in [0.5, 0.6) is 0 Å². The Bertz CT molecular complexity index is 868. The van der Waals surface area contributed by atoms with Crippen LogP contribution in [0.1, 0.15) is 42.1 Å². The van der Waals surface area contributed by atoms with E-state index in [1.165, 1.54) is 30.5 Å². The zero-order valence-corrected chi connectivity index (χ0v) is 17.9. The van der Waals surface area contributed by atoms with Crippen LogP contribution in [0.2, 0.25) is 10.3 Å². The second-order valence-electron chi connectivity index (χ2n) is 7.39. The maximum absolute atomic E-state index is 12.7. The van der Waals surface area contributed by atoms with Crippen LogP contribution < -0.4 is 10.6 Å². The third-order valence-electron chi connectivity index (χ3n) is 4.71. The van der Waals surface area contributed by atoms with Gasteiger partial charge < -0.3 is 10.6 Å². The third-order valence-corrected chi connectivity index (χ3v) is 5.10. The van der Waals surface area contributed by atoms with Gasteiger partial charge in [0.2, 0.25) is 0 Å². The van der Waals surface area contributed by atoms with E-state index in [0.717, 1.165) is 19.4 Å². The maximum Gasteiger partial charge on any atom is 0.251 e. The van der Waals surface area contributed by atoms with Gasteiger partial charge in [-0.05, 0) is 56.8 Å². The number of pyridine rings is 1. The Balaban J connectivity index is 1.60. The standard InChI is InChI=1S/C23H25Cl2N3O/c1-16(7-8-17-9-10-17)26-12-11-20(13-18-5-3-2-4-6-18)27-23(29)19-14-21(24)28-22(25)15-19/h2-6,14-17,20,26H,9-13H2,1H3,(H,27,29)/t16?,20-/m1/s1. The topological polar surface area (TPSA) is 54.0 Å². The molecule has 0 spiro atoms. The Labute approximate surface area is 182 Å². The zero-order valence-electron chi connectivity index (χ0n) is 16.4. The number of benzene rings is 1. The molecule has 2 N–H and O–H groups in total. The third kappa shape index (κ3) is 7.70. The van der Waals surface area contributed by atoms with E-state index in [1.807, 2.05) is 18.2 Å². The monoisotopic (exact) mass is 429 g/mol. The number of nitrogens with zero attached hydrogens (tertiary/aromatic N) is 1. The first-order valence-electron chi connectivity index (χ1n) is 9.92. The van der Waals surface area contributed by atoms with Gasteiger partial charge in [-0.25, -0.2) is 4.98 Å². The molecule has 1 aliphatic rings. The molecule has 1 amide bonds. The summed E-state index contributed by atoms with van der Waals surface area (Å²) >= 11 is 11.9. The van der Waals surface area contributed by atoms with Gasteiger partial charge in [-0.2, -0.15) is 0 Å². The first kappa shape index (κ1) is 21.6. The van der Waals surface area contributed by atoms with E-state index in [2.05, 4.69) is 46.5 Å². The number of carbonyl (C=O) groups is 1. The van der Waals surface area contributed by atoms with Crippen LogP contribution in [0.15, 0.2) is 42.5 Å².